The first-order valence-electron chi connectivity index (χ1n) is 7.36. The van der Waals surface area contributed by atoms with Crippen molar-refractivity contribution < 1.29 is 4.42 Å². The molecule has 108 valence electrons. The molecule has 0 saturated heterocycles. The van der Waals surface area contributed by atoms with Gasteiger partial charge < -0.3 is 9.73 Å². The Labute approximate surface area is 118 Å². The molecule has 3 rings (SSSR count). The van der Waals surface area contributed by atoms with Gasteiger partial charge in [-0.3, -0.25) is 0 Å². The maximum absolute atomic E-state index is 5.25. The fourth-order valence-corrected chi connectivity index (χ4v) is 2.83. The van der Waals surface area contributed by atoms with E-state index >= 15 is 0 Å². The lowest BCUT2D eigenvalue weighted by atomic mass is 9.87. The summed E-state index contributed by atoms with van der Waals surface area (Å²) in [5.41, 5.74) is 0. The minimum atomic E-state index is 0.543. The largest absolute Gasteiger partial charge is 0.461 e. The van der Waals surface area contributed by atoms with E-state index in [1.165, 1.54) is 25.7 Å². The summed E-state index contributed by atoms with van der Waals surface area (Å²) in [5.74, 6) is 2.04. The van der Waals surface area contributed by atoms with Gasteiger partial charge in [-0.05, 0) is 36.1 Å². The molecule has 0 aromatic carbocycles. The van der Waals surface area contributed by atoms with Crippen molar-refractivity contribution in [3.05, 3.63) is 18.4 Å². The van der Waals surface area contributed by atoms with E-state index in [-0.39, 0.29) is 0 Å². The molecule has 6 heteroatoms. The summed E-state index contributed by atoms with van der Waals surface area (Å²) in [6.45, 7) is 3.95. The van der Waals surface area contributed by atoms with Crippen LogP contribution >= 0.6 is 0 Å². The molecule has 1 N–H and O–H groups in total. The zero-order valence-electron chi connectivity index (χ0n) is 11.8. The number of nitrogens with one attached hydrogen (secondary N) is 1. The first-order chi connectivity index (χ1) is 9.81. The van der Waals surface area contributed by atoms with Crippen LogP contribution < -0.4 is 5.32 Å². The summed E-state index contributed by atoms with van der Waals surface area (Å²) in [4.78, 5) is 1.62. The van der Waals surface area contributed by atoms with E-state index in [0.29, 0.717) is 17.6 Å². The van der Waals surface area contributed by atoms with Gasteiger partial charge in [-0.25, -0.2) is 0 Å². The average molecular weight is 275 g/mol. The Balaban J connectivity index is 1.47. The van der Waals surface area contributed by atoms with Gasteiger partial charge in [-0.1, -0.05) is 19.8 Å². The molecule has 1 fully saturated rings. The van der Waals surface area contributed by atoms with E-state index in [1.807, 2.05) is 12.1 Å². The topological polar surface area (TPSA) is 68.8 Å². The molecule has 0 radical (unpaired) electrons. The molecule has 2 aromatic heterocycles. The van der Waals surface area contributed by atoms with Crippen LogP contribution in [0.3, 0.4) is 0 Å². The number of rotatable bonds is 5. The molecule has 2 heterocycles. The first-order valence-corrected chi connectivity index (χ1v) is 7.36. The highest BCUT2D eigenvalue weighted by Gasteiger charge is 2.18. The number of hydrogen-bond acceptors (Lipinski definition) is 5. The molecule has 2 atom stereocenters. The molecule has 2 aromatic rings. The van der Waals surface area contributed by atoms with E-state index in [1.54, 1.807) is 11.1 Å². The monoisotopic (exact) mass is 275 g/mol. The van der Waals surface area contributed by atoms with Gasteiger partial charge >= 0.3 is 0 Å². The number of hydrogen-bond donors (Lipinski definition) is 1. The quantitative estimate of drug-likeness (QED) is 0.905. The molecule has 1 saturated carbocycles. The maximum Gasteiger partial charge on any atom is 0.240 e. The molecule has 0 aliphatic heterocycles. The molecule has 1 aliphatic rings. The van der Waals surface area contributed by atoms with Crippen molar-refractivity contribution in [3.63, 3.8) is 0 Å². The third-order valence-electron chi connectivity index (χ3n) is 3.88. The third-order valence-corrected chi connectivity index (χ3v) is 3.88. The fourth-order valence-electron chi connectivity index (χ4n) is 2.83. The van der Waals surface area contributed by atoms with Crippen LogP contribution in [0.5, 0.6) is 0 Å². The van der Waals surface area contributed by atoms with Crippen molar-refractivity contribution in [3.8, 4) is 11.6 Å². The van der Waals surface area contributed by atoms with Crippen LogP contribution in [-0.2, 0) is 6.54 Å². The minimum Gasteiger partial charge on any atom is -0.461 e. The van der Waals surface area contributed by atoms with Gasteiger partial charge in [-0.2, -0.15) is 4.80 Å². The van der Waals surface area contributed by atoms with Gasteiger partial charge in [0, 0.05) is 12.6 Å². The van der Waals surface area contributed by atoms with Gasteiger partial charge in [0.25, 0.3) is 0 Å². The van der Waals surface area contributed by atoms with Gasteiger partial charge in [0.1, 0.15) is 0 Å². The number of aromatic nitrogens is 4. The minimum absolute atomic E-state index is 0.543. The normalized spacial score (nSPS) is 23.1. The zero-order chi connectivity index (χ0) is 13.8. The Morgan fingerprint density at radius 1 is 1.45 bits per heavy atom. The van der Waals surface area contributed by atoms with E-state index in [2.05, 4.69) is 27.7 Å². The van der Waals surface area contributed by atoms with Crippen LogP contribution in [0.2, 0.25) is 0 Å². The molecule has 20 heavy (non-hydrogen) atoms. The van der Waals surface area contributed by atoms with E-state index < -0.39 is 0 Å². The van der Waals surface area contributed by atoms with Crippen molar-refractivity contribution in [2.75, 3.05) is 6.54 Å². The summed E-state index contributed by atoms with van der Waals surface area (Å²) in [7, 11) is 0. The van der Waals surface area contributed by atoms with Gasteiger partial charge in [0.15, 0.2) is 5.76 Å². The van der Waals surface area contributed by atoms with Crippen molar-refractivity contribution >= 4 is 0 Å². The second kappa shape index (κ2) is 6.17. The first kappa shape index (κ1) is 13.3. The Morgan fingerprint density at radius 2 is 2.40 bits per heavy atom. The Hall–Kier alpha value is -1.69. The second-order valence-electron chi connectivity index (χ2n) is 5.61. The average Bonchev–Trinajstić information content (AvgIpc) is 3.09. The Kier molecular flexibility index (Phi) is 4.11. The maximum atomic E-state index is 5.25. The van der Waals surface area contributed by atoms with Crippen molar-refractivity contribution in [1.29, 1.82) is 0 Å². The van der Waals surface area contributed by atoms with Gasteiger partial charge in [-0.15, -0.1) is 10.2 Å². The lowest BCUT2D eigenvalue weighted by Gasteiger charge is -2.27. The van der Waals surface area contributed by atoms with Crippen LogP contribution in [0.15, 0.2) is 22.8 Å². The third kappa shape index (κ3) is 3.25. The van der Waals surface area contributed by atoms with Crippen LogP contribution in [0.1, 0.15) is 32.6 Å². The highest BCUT2D eigenvalue weighted by Crippen LogP contribution is 2.23. The number of tetrazole rings is 1. The summed E-state index contributed by atoms with van der Waals surface area (Å²) < 4.78 is 5.25. The highest BCUT2D eigenvalue weighted by atomic mass is 16.3. The molecular formula is C14H21N5O. The van der Waals surface area contributed by atoms with E-state index in [9.17, 15) is 0 Å². The molecule has 1 aliphatic carbocycles. The van der Waals surface area contributed by atoms with Crippen molar-refractivity contribution in [1.82, 2.24) is 25.5 Å². The van der Waals surface area contributed by atoms with E-state index in [4.69, 9.17) is 4.42 Å². The number of nitrogens with zero attached hydrogens (tertiary/aromatic N) is 4. The Bertz CT molecular complexity index is 521. The molecular weight excluding hydrogens is 254 g/mol. The lowest BCUT2D eigenvalue weighted by molar-refractivity contribution is 0.296. The van der Waals surface area contributed by atoms with E-state index in [0.717, 1.165) is 19.0 Å². The summed E-state index contributed by atoms with van der Waals surface area (Å²) in [6.07, 6.45) is 6.88. The lowest BCUT2D eigenvalue weighted by Crippen LogP contribution is -2.35. The second-order valence-corrected chi connectivity index (χ2v) is 5.61. The summed E-state index contributed by atoms with van der Waals surface area (Å²) in [5, 5.41) is 15.9. The Morgan fingerprint density at radius 3 is 3.20 bits per heavy atom. The van der Waals surface area contributed by atoms with Crippen LogP contribution in [-0.4, -0.2) is 32.8 Å². The molecule has 0 amide bonds. The van der Waals surface area contributed by atoms with Gasteiger partial charge in [0.2, 0.25) is 5.82 Å². The zero-order valence-corrected chi connectivity index (χ0v) is 11.8. The molecule has 2 unspecified atom stereocenters. The van der Waals surface area contributed by atoms with Crippen molar-refractivity contribution in [2.24, 2.45) is 5.92 Å². The van der Waals surface area contributed by atoms with Crippen LogP contribution in [0, 0.1) is 5.92 Å². The number of furan rings is 1. The van der Waals surface area contributed by atoms with Crippen LogP contribution in [0.4, 0.5) is 0 Å². The predicted octanol–water partition coefficient (Wildman–Crippen LogP) is 2.10. The fraction of sp³-hybridized carbons (Fsp3) is 0.643. The van der Waals surface area contributed by atoms with Crippen LogP contribution in [0.25, 0.3) is 11.6 Å². The summed E-state index contributed by atoms with van der Waals surface area (Å²) in [6, 6.07) is 4.30. The van der Waals surface area contributed by atoms with Crippen molar-refractivity contribution in [2.45, 2.75) is 45.2 Å². The molecule has 6 nitrogen and oxygen atoms in total. The predicted molar refractivity (Wildman–Crippen MR) is 74.9 cm³/mol. The smallest absolute Gasteiger partial charge is 0.240 e. The molecule has 0 bridgehead atoms. The standard InChI is InChI=1S/C14H21N5O/c1-11-4-2-5-12(10-11)15-7-8-19-17-14(16-18-19)13-6-3-9-20-13/h3,6,9,11-12,15H,2,4-5,7-8,10H2,1H3. The SMILES string of the molecule is CC1CCCC(NCCn2nnc(-c3ccco3)n2)C1. The van der Waals surface area contributed by atoms with Gasteiger partial charge in [0.05, 0.1) is 12.8 Å². The highest BCUT2D eigenvalue weighted by molar-refractivity contribution is 5.43. The molecule has 0 spiro atoms. The summed E-state index contributed by atoms with van der Waals surface area (Å²) >= 11 is 0.